The summed E-state index contributed by atoms with van der Waals surface area (Å²) in [7, 11) is 0. The molecule has 2 aliphatic rings. The largest absolute Gasteiger partial charge is 0.507 e. The van der Waals surface area contributed by atoms with Gasteiger partial charge in [0.05, 0.1) is 0 Å². The second-order valence-electron chi connectivity index (χ2n) is 6.85. The zero-order chi connectivity index (χ0) is 18.7. The Labute approximate surface area is 147 Å². The minimum Gasteiger partial charge on any atom is -0.507 e. The fourth-order valence-corrected chi connectivity index (χ4v) is 5.04. The molecule has 25 heavy (non-hydrogen) atoms. The fourth-order valence-electron chi connectivity index (χ4n) is 3.40. The van der Waals surface area contributed by atoms with E-state index in [0.29, 0.717) is 0 Å². The van der Waals surface area contributed by atoms with Gasteiger partial charge in [-0.15, -0.1) is 11.8 Å². The number of nitrogens with zero attached hydrogens (tertiary/aromatic N) is 1. The lowest BCUT2D eigenvalue weighted by molar-refractivity contribution is -0.165. The molecule has 0 spiro atoms. The molecule has 9 heteroatoms. The van der Waals surface area contributed by atoms with Gasteiger partial charge in [0.25, 0.3) is 11.8 Å². The van der Waals surface area contributed by atoms with Crippen molar-refractivity contribution in [2.24, 2.45) is 0 Å². The van der Waals surface area contributed by atoms with E-state index >= 15 is 0 Å². The minimum atomic E-state index is -1.32. The maximum atomic E-state index is 12.6. The third-order valence-corrected chi connectivity index (χ3v) is 6.38. The van der Waals surface area contributed by atoms with E-state index in [-0.39, 0.29) is 5.56 Å². The maximum absolute atomic E-state index is 12.6. The smallest absolute Gasteiger partial charge is 0.327 e. The number of aliphatic carboxylic acids is 1. The van der Waals surface area contributed by atoms with Gasteiger partial charge in [0.1, 0.15) is 34.0 Å². The van der Waals surface area contributed by atoms with Crippen LogP contribution in [0.2, 0.25) is 0 Å². The van der Waals surface area contributed by atoms with Crippen LogP contribution in [0.5, 0.6) is 11.5 Å². The van der Waals surface area contributed by atoms with Gasteiger partial charge in [-0.3, -0.25) is 9.59 Å². The van der Waals surface area contributed by atoms with Gasteiger partial charge in [0.2, 0.25) is 0 Å². The predicted molar refractivity (Wildman–Crippen MR) is 89.4 cm³/mol. The molecule has 0 aromatic heterocycles. The summed E-state index contributed by atoms with van der Waals surface area (Å²) in [5, 5.41) is 31.0. The average Bonchev–Trinajstić information content (AvgIpc) is 2.76. The zero-order valence-electron chi connectivity index (χ0n) is 13.8. The highest BCUT2D eigenvalue weighted by Crippen LogP contribution is 2.54. The first-order chi connectivity index (χ1) is 11.5. The third-order valence-electron chi connectivity index (χ3n) is 4.63. The van der Waals surface area contributed by atoms with Crippen LogP contribution in [0.15, 0.2) is 18.2 Å². The van der Waals surface area contributed by atoms with Gasteiger partial charge in [-0.2, -0.15) is 0 Å². The summed E-state index contributed by atoms with van der Waals surface area (Å²) in [5.74, 6) is -3.23. The van der Waals surface area contributed by atoms with E-state index in [1.54, 1.807) is 13.8 Å². The van der Waals surface area contributed by atoms with Crippen molar-refractivity contribution in [3.63, 3.8) is 0 Å². The molecule has 2 saturated heterocycles. The van der Waals surface area contributed by atoms with Crippen LogP contribution in [-0.4, -0.2) is 59.7 Å². The van der Waals surface area contributed by atoms with Crippen LogP contribution in [0.4, 0.5) is 0 Å². The minimum absolute atomic E-state index is 0.327. The molecule has 2 heterocycles. The van der Waals surface area contributed by atoms with E-state index < -0.39 is 51.0 Å². The molecular weight excluding hydrogens is 348 g/mol. The van der Waals surface area contributed by atoms with Gasteiger partial charge in [0, 0.05) is 4.75 Å². The van der Waals surface area contributed by atoms with Crippen LogP contribution in [0.3, 0.4) is 0 Å². The lowest BCUT2D eigenvalue weighted by Gasteiger charge is -2.51. The Morgan fingerprint density at radius 2 is 1.76 bits per heavy atom. The fraction of sp³-hybridized carbons (Fsp3) is 0.438. The van der Waals surface area contributed by atoms with Crippen molar-refractivity contribution >= 4 is 29.5 Å². The van der Waals surface area contributed by atoms with E-state index in [4.69, 9.17) is 0 Å². The predicted octanol–water partition coefficient (Wildman–Crippen LogP) is 0.733. The molecular formula is C16H18N2O6S. The number of thioether (sulfide) groups is 1. The van der Waals surface area contributed by atoms with Gasteiger partial charge in [-0.1, -0.05) is 6.07 Å². The number of rotatable bonds is 3. The van der Waals surface area contributed by atoms with Gasteiger partial charge in [0.15, 0.2) is 0 Å². The summed E-state index contributed by atoms with van der Waals surface area (Å²) in [6.07, 6.45) is 0. The van der Waals surface area contributed by atoms with Crippen LogP contribution < -0.4 is 5.32 Å². The second-order valence-corrected chi connectivity index (χ2v) is 8.59. The number of carbonyl (C=O) groups is 3. The second kappa shape index (κ2) is 5.29. The van der Waals surface area contributed by atoms with Gasteiger partial charge in [-0.25, -0.2) is 4.79 Å². The summed E-state index contributed by atoms with van der Waals surface area (Å²) in [6, 6.07) is 2.89. The Morgan fingerprint density at radius 3 is 2.28 bits per heavy atom. The number of carbonyl (C=O) groups excluding carboxylic acids is 2. The molecule has 8 nitrogen and oxygen atoms in total. The molecule has 3 rings (SSSR count). The molecule has 0 aliphatic carbocycles. The highest BCUT2D eigenvalue weighted by molar-refractivity contribution is 8.01. The average molecular weight is 366 g/mol. The summed E-state index contributed by atoms with van der Waals surface area (Å²) < 4.78 is -0.717. The molecule has 134 valence electrons. The summed E-state index contributed by atoms with van der Waals surface area (Å²) in [5.41, 5.74) is -1.65. The number of phenols is 2. The molecule has 2 amide bonds. The van der Waals surface area contributed by atoms with Crippen molar-refractivity contribution in [2.45, 2.75) is 42.5 Å². The number of carboxylic acid groups (broad SMARTS) is 1. The first kappa shape index (κ1) is 17.4. The molecule has 0 bridgehead atoms. The van der Waals surface area contributed by atoms with Gasteiger partial charge < -0.3 is 25.5 Å². The van der Waals surface area contributed by atoms with Crippen LogP contribution >= 0.6 is 11.8 Å². The summed E-state index contributed by atoms with van der Waals surface area (Å²) in [4.78, 5) is 37.9. The van der Waals surface area contributed by atoms with Gasteiger partial charge >= 0.3 is 5.97 Å². The Kier molecular flexibility index (Phi) is 3.68. The summed E-state index contributed by atoms with van der Waals surface area (Å²) >= 11 is 1.29. The number of carboxylic acids is 1. The van der Waals surface area contributed by atoms with Crippen LogP contribution in [0, 0.1) is 0 Å². The number of amides is 2. The molecule has 2 aliphatic heterocycles. The zero-order valence-corrected chi connectivity index (χ0v) is 14.6. The van der Waals surface area contributed by atoms with E-state index in [2.05, 4.69) is 5.32 Å². The van der Waals surface area contributed by atoms with Crippen LogP contribution in [0.25, 0.3) is 0 Å². The van der Waals surface area contributed by atoms with Gasteiger partial charge in [-0.05, 0) is 32.9 Å². The first-order valence-electron chi connectivity index (χ1n) is 7.57. The summed E-state index contributed by atoms with van der Waals surface area (Å²) in [6.45, 7) is 4.98. The highest BCUT2D eigenvalue weighted by atomic mass is 32.2. The lowest BCUT2D eigenvalue weighted by atomic mass is 9.86. The maximum Gasteiger partial charge on any atom is 0.327 e. The number of benzene rings is 1. The lowest BCUT2D eigenvalue weighted by Crippen LogP contribution is -2.78. The molecule has 0 radical (unpaired) electrons. The Morgan fingerprint density at radius 1 is 1.20 bits per heavy atom. The van der Waals surface area contributed by atoms with Crippen molar-refractivity contribution in [1.82, 2.24) is 10.2 Å². The van der Waals surface area contributed by atoms with E-state index in [1.807, 2.05) is 0 Å². The standard InChI is InChI=1S/C16H18N2O6S/c1-15(2)10(12(22)23)18-13(24)16(3,14(18)25-15)17-11(21)9-7(19)5-4-6-8(9)20/h4-6,10,14,19-20H,1-3H3,(H,17,21)(H,22,23)/t10-,14+,16?/m0/s1. The molecule has 3 atom stereocenters. The number of phenolic OH excluding ortho intramolecular Hbond substituents is 2. The van der Waals surface area contributed by atoms with E-state index in [1.165, 1.54) is 41.8 Å². The van der Waals surface area contributed by atoms with E-state index in [9.17, 15) is 29.7 Å². The highest BCUT2D eigenvalue weighted by Gasteiger charge is 2.70. The molecule has 1 aromatic rings. The van der Waals surface area contributed by atoms with Crippen LogP contribution in [0.1, 0.15) is 31.1 Å². The van der Waals surface area contributed by atoms with E-state index in [0.717, 1.165) is 0 Å². The number of fused-ring (bicyclic) bond motifs is 1. The SMILES string of the molecule is CC1(C)S[C@H]2N(C(=O)C2(C)NC(=O)c2c(O)cccc2O)[C@H]1C(=O)O. The molecule has 0 saturated carbocycles. The Bertz CT molecular complexity index is 775. The van der Waals surface area contributed by atoms with Crippen molar-refractivity contribution in [2.75, 3.05) is 0 Å². The number of hydrogen-bond acceptors (Lipinski definition) is 6. The number of hydrogen-bond donors (Lipinski definition) is 4. The molecule has 4 N–H and O–H groups in total. The Balaban J connectivity index is 1.89. The molecule has 1 aromatic carbocycles. The van der Waals surface area contributed by atoms with Crippen LogP contribution in [-0.2, 0) is 9.59 Å². The first-order valence-corrected chi connectivity index (χ1v) is 8.45. The number of aromatic hydroxyl groups is 2. The van der Waals surface area contributed by atoms with Crippen molar-refractivity contribution in [3.8, 4) is 11.5 Å². The number of β-lactam (4-membered cyclic amide) rings is 1. The molecule has 2 fully saturated rings. The van der Waals surface area contributed by atoms with Crippen molar-refractivity contribution in [3.05, 3.63) is 23.8 Å². The number of nitrogens with one attached hydrogen (secondary N) is 1. The topological polar surface area (TPSA) is 127 Å². The normalized spacial score (nSPS) is 29.7. The third kappa shape index (κ3) is 2.33. The quantitative estimate of drug-likeness (QED) is 0.581. The van der Waals surface area contributed by atoms with Crippen molar-refractivity contribution < 1.29 is 29.7 Å². The monoisotopic (exact) mass is 366 g/mol. The Hall–Kier alpha value is -2.42. The molecule has 1 unspecified atom stereocenters. The van der Waals surface area contributed by atoms with Crippen molar-refractivity contribution in [1.29, 1.82) is 0 Å².